The Balaban J connectivity index is 2.52. The summed E-state index contributed by atoms with van der Waals surface area (Å²) in [5, 5.41) is 0. The molecule has 0 fully saturated rings. The molecule has 0 spiro atoms. The molecular weight excluding hydrogens is 285 g/mol. The second kappa shape index (κ2) is 5.71. The first-order chi connectivity index (χ1) is 6.59. The number of hydrogen-bond acceptors (Lipinski definition) is 1. The Morgan fingerprint density at radius 1 is 1.14 bits per heavy atom. The lowest BCUT2D eigenvalue weighted by molar-refractivity contribution is 0.507. The Kier molecular flexibility index (Phi) is 4.89. The second-order valence-corrected chi connectivity index (χ2v) is 5.37. The molecule has 0 aromatic heterocycles. The fourth-order valence-corrected chi connectivity index (χ4v) is 1.75. The smallest absolute Gasteiger partial charge is 0.0294 e. The maximum atomic E-state index is 6.09. The molecule has 0 bridgehead atoms. The lowest BCUT2D eigenvalue weighted by Gasteiger charge is -2.13. The molecule has 1 aromatic carbocycles. The lowest BCUT2D eigenvalue weighted by Crippen LogP contribution is -2.11. The Morgan fingerprint density at radius 2 is 1.71 bits per heavy atom. The molecule has 0 aliphatic carbocycles. The van der Waals surface area contributed by atoms with Gasteiger partial charge in [0.15, 0.2) is 0 Å². The molecule has 1 atom stereocenters. The average Bonchev–Trinajstić information content (AvgIpc) is 2.15. The Hall–Kier alpha value is -0.0900. The highest BCUT2D eigenvalue weighted by Gasteiger charge is 2.06. The van der Waals surface area contributed by atoms with Crippen LogP contribution >= 0.6 is 22.6 Å². The van der Waals surface area contributed by atoms with Crippen LogP contribution in [-0.4, -0.2) is 0 Å². The summed E-state index contributed by atoms with van der Waals surface area (Å²) in [5.74, 6) is 0.741. The second-order valence-electron chi connectivity index (χ2n) is 4.13. The fraction of sp³-hybridized carbons (Fsp3) is 0.500. The van der Waals surface area contributed by atoms with E-state index in [1.54, 1.807) is 0 Å². The maximum absolute atomic E-state index is 6.09. The first kappa shape index (κ1) is 12.0. The molecule has 0 radical (unpaired) electrons. The van der Waals surface area contributed by atoms with Gasteiger partial charge in [-0.15, -0.1) is 0 Å². The standard InChI is InChI=1S/C12H18IN/c1-9(2)3-8-12(14)10-4-6-11(13)7-5-10/h4-7,9,12H,3,8,14H2,1-2H3/t12-/m1/s1. The van der Waals surface area contributed by atoms with E-state index in [0.29, 0.717) is 0 Å². The van der Waals surface area contributed by atoms with Crippen molar-refractivity contribution in [1.29, 1.82) is 0 Å². The van der Waals surface area contributed by atoms with Gasteiger partial charge in [-0.05, 0) is 59.0 Å². The van der Waals surface area contributed by atoms with Gasteiger partial charge in [0.2, 0.25) is 0 Å². The SMILES string of the molecule is CC(C)CC[C@@H](N)c1ccc(I)cc1. The van der Waals surface area contributed by atoms with Crippen LogP contribution in [0.2, 0.25) is 0 Å². The summed E-state index contributed by atoms with van der Waals surface area (Å²) in [6.45, 7) is 4.47. The first-order valence-electron chi connectivity index (χ1n) is 5.10. The zero-order chi connectivity index (χ0) is 10.6. The number of nitrogens with two attached hydrogens (primary N) is 1. The van der Waals surface area contributed by atoms with Crippen molar-refractivity contribution in [2.75, 3.05) is 0 Å². The molecule has 0 heterocycles. The molecule has 0 saturated carbocycles. The molecule has 14 heavy (non-hydrogen) atoms. The molecule has 1 rings (SSSR count). The largest absolute Gasteiger partial charge is 0.324 e. The van der Waals surface area contributed by atoms with Crippen molar-refractivity contribution in [2.24, 2.45) is 11.7 Å². The van der Waals surface area contributed by atoms with E-state index < -0.39 is 0 Å². The molecule has 2 N–H and O–H groups in total. The average molecular weight is 303 g/mol. The molecule has 2 heteroatoms. The minimum atomic E-state index is 0.203. The maximum Gasteiger partial charge on any atom is 0.0294 e. The van der Waals surface area contributed by atoms with Gasteiger partial charge in [0.1, 0.15) is 0 Å². The Labute approximate surface area is 100 Å². The summed E-state index contributed by atoms with van der Waals surface area (Å²) < 4.78 is 1.27. The van der Waals surface area contributed by atoms with Gasteiger partial charge >= 0.3 is 0 Å². The molecule has 1 aromatic rings. The Morgan fingerprint density at radius 3 is 2.21 bits per heavy atom. The molecule has 0 aliphatic heterocycles. The normalized spacial score (nSPS) is 13.2. The first-order valence-corrected chi connectivity index (χ1v) is 6.18. The van der Waals surface area contributed by atoms with Crippen molar-refractivity contribution >= 4 is 22.6 Å². The van der Waals surface area contributed by atoms with E-state index in [4.69, 9.17) is 5.73 Å². The quantitative estimate of drug-likeness (QED) is 0.843. The van der Waals surface area contributed by atoms with Gasteiger partial charge < -0.3 is 5.73 Å². The summed E-state index contributed by atoms with van der Waals surface area (Å²) in [6, 6.07) is 8.70. The van der Waals surface area contributed by atoms with Crippen LogP contribution in [0.4, 0.5) is 0 Å². The third-order valence-corrected chi connectivity index (χ3v) is 3.07. The van der Waals surface area contributed by atoms with Crippen LogP contribution in [0.15, 0.2) is 24.3 Å². The van der Waals surface area contributed by atoms with Crippen molar-refractivity contribution in [3.8, 4) is 0 Å². The van der Waals surface area contributed by atoms with Gasteiger partial charge in [0, 0.05) is 9.61 Å². The lowest BCUT2D eigenvalue weighted by atomic mass is 9.98. The zero-order valence-electron chi connectivity index (χ0n) is 8.83. The van der Waals surface area contributed by atoms with Gasteiger partial charge in [0.05, 0.1) is 0 Å². The molecule has 0 aliphatic rings. The minimum Gasteiger partial charge on any atom is -0.324 e. The van der Waals surface area contributed by atoms with Crippen LogP contribution in [-0.2, 0) is 0 Å². The minimum absolute atomic E-state index is 0.203. The van der Waals surface area contributed by atoms with Crippen molar-refractivity contribution in [3.63, 3.8) is 0 Å². The third-order valence-electron chi connectivity index (χ3n) is 2.35. The summed E-state index contributed by atoms with van der Waals surface area (Å²) >= 11 is 2.31. The van der Waals surface area contributed by atoms with Crippen molar-refractivity contribution in [3.05, 3.63) is 33.4 Å². The molecular formula is C12H18IN. The molecule has 0 unspecified atom stereocenters. The van der Waals surface area contributed by atoms with E-state index in [2.05, 4.69) is 60.7 Å². The van der Waals surface area contributed by atoms with Crippen LogP contribution in [0.5, 0.6) is 0 Å². The van der Waals surface area contributed by atoms with E-state index in [-0.39, 0.29) is 6.04 Å². The van der Waals surface area contributed by atoms with E-state index in [0.717, 1.165) is 12.3 Å². The number of benzene rings is 1. The third kappa shape index (κ3) is 3.96. The van der Waals surface area contributed by atoms with Crippen LogP contribution in [0.25, 0.3) is 0 Å². The van der Waals surface area contributed by atoms with Crippen LogP contribution < -0.4 is 5.73 Å². The number of halogens is 1. The van der Waals surface area contributed by atoms with E-state index in [1.165, 1.54) is 15.6 Å². The highest BCUT2D eigenvalue weighted by Crippen LogP contribution is 2.19. The van der Waals surface area contributed by atoms with Crippen LogP contribution in [0, 0.1) is 9.49 Å². The molecule has 0 amide bonds. The van der Waals surface area contributed by atoms with Gasteiger partial charge in [-0.3, -0.25) is 0 Å². The van der Waals surface area contributed by atoms with Gasteiger partial charge in [-0.25, -0.2) is 0 Å². The Bertz CT molecular complexity index is 266. The number of hydrogen-bond donors (Lipinski definition) is 1. The molecule has 78 valence electrons. The summed E-state index contributed by atoms with van der Waals surface area (Å²) in [5.41, 5.74) is 7.35. The van der Waals surface area contributed by atoms with Gasteiger partial charge in [-0.1, -0.05) is 26.0 Å². The predicted molar refractivity (Wildman–Crippen MR) is 70.2 cm³/mol. The summed E-state index contributed by atoms with van der Waals surface area (Å²) in [6.07, 6.45) is 2.28. The van der Waals surface area contributed by atoms with E-state index in [1.807, 2.05) is 0 Å². The van der Waals surface area contributed by atoms with E-state index >= 15 is 0 Å². The van der Waals surface area contributed by atoms with Crippen LogP contribution in [0.3, 0.4) is 0 Å². The van der Waals surface area contributed by atoms with E-state index in [9.17, 15) is 0 Å². The van der Waals surface area contributed by atoms with Crippen molar-refractivity contribution in [1.82, 2.24) is 0 Å². The summed E-state index contributed by atoms with van der Waals surface area (Å²) in [4.78, 5) is 0. The monoisotopic (exact) mass is 303 g/mol. The fourth-order valence-electron chi connectivity index (χ4n) is 1.39. The van der Waals surface area contributed by atoms with Gasteiger partial charge in [-0.2, -0.15) is 0 Å². The number of rotatable bonds is 4. The predicted octanol–water partition coefficient (Wildman–Crippen LogP) is 3.73. The highest BCUT2D eigenvalue weighted by atomic mass is 127. The summed E-state index contributed by atoms with van der Waals surface area (Å²) in [7, 11) is 0. The highest BCUT2D eigenvalue weighted by molar-refractivity contribution is 14.1. The van der Waals surface area contributed by atoms with Crippen LogP contribution in [0.1, 0.15) is 38.3 Å². The molecule has 0 saturated heterocycles. The van der Waals surface area contributed by atoms with Crippen molar-refractivity contribution in [2.45, 2.75) is 32.7 Å². The van der Waals surface area contributed by atoms with Crippen molar-refractivity contribution < 1.29 is 0 Å². The van der Waals surface area contributed by atoms with Gasteiger partial charge in [0.25, 0.3) is 0 Å². The topological polar surface area (TPSA) is 26.0 Å². The molecule has 1 nitrogen and oxygen atoms in total. The zero-order valence-corrected chi connectivity index (χ0v) is 11.0.